The lowest BCUT2D eigenvalue weighted by Gasteiger charge is -2.20. The molecule has 8 heteroatoms. The van der Waals surface area contributed by atoms with E-state index >= 15 is 0 Å². The van der Waals surface area contributed by atoms with Gasteiger partial charge in [0.15, 0.2) is 0 Å². The van der Waals surface area contributed by atoms with Crippen LogP contribution in [0.5, 0.6) is 5.75 Å². The second-order valence-corrected chi connectivity index (χ2v) is 8.80. The van der Waals surface area contributed by atoms with Crippen LogP contribution >= 0.6 is 11.3 Å². The SMILES string of the molecule is COc1cc(NC(=O)CCc2cccs2)ccc1N1CCCS1(=O)=O. The zero-order valence-corrected chi connectivity index (χ0v) is 15.5. The molecule has 1 aromatic heterocycles. The molecule has 0 spiro atoms. The van der Waals surface area contributed by atoms with E-state index in [-0.39, 0.29) is 11.7 Å². The quantitative estimate of drug-likeness (QED) is 0.836. The van der Waals surface area contributed by atoms with Crippen molar-refractivity contribution in [2.75, 3.05) is 29.0 Å². The molecule has 2 heterocycles. The second-order valence-electron chi connectivity index (χ2n) is 5.76. The van der Waals surface area contributed by atoms with E-state index in [2.05, 4.69) is 5.32 Å². The summed E-state index contributed by atoms with van der Waals surface area (Å²) in [4.78, 5) is 13.3. The maximum absolute atomic E-state index is 12.1. The molecular weight excluding hydrogens is 360 g/mol. The number of hydrogen-bond acceptors (Lipinski definition) is 5. The minimum Gasteiger partial charge on any atom is -0.494 e. The first-order valence-corrected chi connectivity index (χ1v) is 10.5. The summed E-state index contributed by atoms with van der Waals surface area (Å²) in [6, 6.07) is 9.01. The second kappa shape index (κ2) is 7.45. The summed E-state index contributed by atoms with van der Waals surface area (Å²) in [7, 11) is -1.79. The highest BCUT2D eigenvalue weighted by molar-refractivity contribution is 7.93. The highest BCUT2D eigenvalue weighted by atomic mass is 32.2. The Hall–Kier alpha value is -2.06. The summed E-state index contributed by atoms with van der Waals surface area (Å²) in [6.07, 6.45) is 1.70. The normalized spacial score (nSPS) is 16.0. The maximum Gasteiger partial charge on any atom is 0.235 e. The Morgan fingerprint density at radius 1 is 1.36 bits per heavy atom. The number of nitrogens with zero attached hydrogens (tertiary/aromatic N) is 1. The number of carbonyl (C=O) groups is 1. The lowest BCUT2D eigenvalue weighted by Crippen LogP contribution is -2.25. The summed E-state index contributed by atoms with van der Waals surface area (Å²) in [5, 5.41) is 4.82. The predicted octanol–water partition coefficient (Wildman–Crippen LogP) is 2.87. The largest absolute Gasteiger partial charge is 0.494 e. The van der Waals surface area contributed by atoms with Crippen molar-refractivity contribution in [3.8, 4) is 5.75 Å². The molecule has 2 aromatic rings. The molecule has 1 saturated heterocycles. The van der Waals surface area contributed by atoms with Gasteiger partial charge in [0.2, 0.25) is 15.9 Å². The van der Waals surface area contributed by atoms with Crippen LogP contribution in [0.4, 0.5) is 11.4 Å². The molecule has 3 rings (SSSR count). The predicted molar refractivity (Wildman–Crippen MR) is 100 cm³/mol. The maximum atomic E-state index is 12.1. The molecule has 0 unspecified atom stereocenters. The Kier molecular flexibility index (Phi) is 5.29. The van der Waals surface area contributed by atoms with E-state index in [1.54, 1.807) is 29.5 Å². The molecular formula is C17H20N2O4S2. The Morgan fingerprint density at radius 2 is 2.20 bits per heavy atom. The van der Waals surface area contributed by atoms with Crippen LogP contribution in [0.15, 0.2) is 35.7 Å². The van der Waals surface area contributed by atoms with Crippen LogP contribution in [-0.2, 0) is 21.2 Å². The number of hydrogen-bond donors (Lipinski definition) is 1. The van der Waals surface area contributed by atoms with Crippen molar-refractivity contribution in [1.82, 2.24) is 0 Å². The minimum atomic E-state index is -3.28. The molecule has 1 aromatic carbocycles. The third kappa shape index (κ3) is 4.13. The zero-order valence-electron chi connectivity index (χ0n) is 13.9. The Morgan fingerprint density at radius 3 is 2.84 bits per heavy atom. The van der Waals surface area contributed by atoms with E-state index in [1.807, 2.05) is 17.5 Å². The van der Waals surface area contributed by atoms with Gasteiger partial charge in [-0.05, 0) is 36.4 Å². The van der Waals surface area contributed by atoms with Gasteiger partial charge in [-0.25, -0.2) is 8.42 Å². The molecule has 1 fully saturated rings. The number of ether oxygens (including phenoxy) is 1. The van der Waals surface area contributed by atoms with Gasteiger partial charge in [-0.15, -0.1) is 11.3 Å². The molecule has 1 aliphatic rings. The van der Waals surface area contributed by atoms with Gasteiger partial charge in [0.05, 0.1) is 18.6 Å². The van der Waals surface area contributed by atoms with E-state index in [0.29, 0.717) is 42.9 Å². The molecule has 6 nitrogen and oxygen atoms in total. The molecule has 134 valence electrons. The first kappa shape index (κ1) is 17.8. The highest BCUT2D eigenvalue weighted by Crippen LogP contribution is 2.35. The van der Waals surface area contributed by atoms with Gasteiger partial charge in [-0.2, -0.15) is 0 Å². The molecule has 0 aliphatic carbocycles. The molecule has 0 bridgehead atoms. The fraction of sp³-hybridized carbons (Fsp3) is 0.353. The molecule has 0 radical (unpaired) electrons. The smallest absolute Gasteiger partial charge is 0.235 e. The van der Waals surface area contributed by atoms with Crippen LogP contribution in [0.2, 0.25) is 0 Å². The molecule has 0 saturated carbocycles. The van der Waals surface area contributed by atoms with E-state index in [0.717, 1.165) is 0 Å². The summed E-state index contributed by atoms with van der Waals surface area (Å²) < 4.78 is 30.9. The lowest BCUT2D eigenvalue weighted by atomic mass is 10.2. The van der Waals surface area contributed by atoms with Gasteiger partial charge in [0.1, 0.15) is 5.75 Å². The number of nitrogens with one attached hydrogen (secondary N) is 1. The Bertz CT molecular complexity index is 848. The third-order valence-electron chi connectivity index (χ3n) is 4.01. The average molecular weight is 380 g/mol. The third-order valence-corrected chi connectivity index (χ3v) is 6.80. The van der Waals surface area contributed by atoms with Crippen LogP contribution in [-0.4, -0.2) is 33.7 Å². The van der Waals surface area contributed by atoms with E-state index < -0.39 is 10.0 Å². The topological polar surface area (TPSA) is 75.7 Å². The van der Waals surface area contributed by atoms with Crippen molar-refractivity contribution in [3.63, 3.8) is 0 Å². The number of thiophene rings is 1. The number of sulfonamides is 1. The minimum absolute atomic E-state index is 0.0861. The summed E-state index contributed by atoms with van der Waals surface area (Å²) in [5.74, 6) is 0.496. The summed E-state index contributed by atoms with van der Waals surface area (Å²) >= 11 is 1.63. The number of amides is 1. The molecule has 25 heavy (non-hydrogen) atoms. The monoisotopic (exact) mass is 380 g/mol. The van der Waals surface area contributed by atoms with Crippen molar-refractivity contribution in [2.45, 2.75) is 19.3 Å². The van der Waals surface area contributed by atoms with Crippen LogP contribution in [0.25, 0.3) is 0 Å². The van der Waals surface area contributed by atoms with Gasteiger partial charge in [0, 0.05) is 29.6 Å². The number of rotatable bonds is 6. The number of anilines is 2. The van der Waals surface area contributed by atoms with Gasteiger partial charge in [-0.1, -0.05) is 6.07 Å². The number of carbonyl (C=O) groups excluding carboxylic acids is 1. The fourth-order valence-corrected chi connectivity index (χ4v) is 5.07. The van der Waals surface area contributed by atoms with Crippen molar-refractivity contribution >= 4 is 38.6 Å². The van der Waals surface area contributed by atoms with Gasteiger partial charge in [-0.3, -0.25) is 9.10 Å². The van der Waals surface area contributed by atoms with Crippen LogP contribution < -0.4 is 14.4 Å². The average Bonchev–Trinajstić information content (AvgIpc) is 3.22. The number of benzene rings is 1. The van der Waals surface area contributed by atoms with Crippen molar-refractivity contribution < 1.29 is 17.9 Å². The van der Waals surface area contributed by atoms with E-state index in [4.69, 9.17) is 4.74 Å². The standard InChI is InChI=1S/C17H20N2O4S2/c1-23-16-12-13(18-17(20)8-6-14-4-2-10-24-14)5-7-15(16)19-9-3-11-25(19,21)22/h2,4-5,7,10,12H,3,6,8-9,11H2,1H3,(H,18,20). The van der Waals surface area contributed by atoms with Crippen LogP contribution in [0, 0.1) is 0 Å². The molecule has 1 aliphatic heterocycles. The highest BCUT2D eigenvalue weighted by Gasteiger charge is 2.30. The van der Waals surface area contributed by atoms with Gasteiger partial charge in [0.25, 0.3) is 0 Å². The van der Waals surface area contributed by atoms with Gasteiger partial charge >= 0.3 is 0 Å². The van der Waals surface area contributed by atoms with Gasteiger partial charge < -0.3 is 10.1 Å². The Balaban J connectivity index is 1.70. The number of methoxy groups -OCH3 is 1. The lowest BCUT2D eigenvalue weighted by molar-refractivity contribution is -0.116. The molecule has 1 N–H and O–H groups in total. The van der Waals surface area contributed by atoms with Crippen molar-refractivity contribution in [2.24, 2.45) is 0 Å². The van der Waals surface area contributed by atoms with E-state index in [1.165, 1.54) is 16.3 Å². The molecule has 1 amide bonds. The van der Waals surface area contributed by atoms with Crippen LogP contribution in [0.3, 0.4) is 0 Å². The first-order chi connectivity index (χ1) is 12.0. The summed E-state index contributed by atoms with van der Waals surface area (Å²) in [5.41, 5.74) is 1.10. The summed E-state index contributed by atoms with van der Waals surface area (Å²) in [6.45, 7) is 0.450. The van der Waals surface area contributed by atoms with Crippen LogP contribution in [0.1, 0.15) is 17.7 Å². The molecule has 0 atom stereocenters. The first-order valence-electron chi connectivity index (χ1n) is 8.00. The van der Waals surface area contributed by atoms with Crippen molar-refractivity contribution in [1.29, 1.82) is 0 Å². The number of aryl methyl sites for hydroxylation is 1. The fourth-order valence-electron chi connectivity index (χ4n) is 2.79. The van der Waals surface area contributed by atoms with Crippen molar-refractivity contribution in [3.05, 3.63) is 40.6 Å². The van der Waals surface area contributed by atoms with E-state index in [9.17, 15) is 13.2 Å². The zero-order chi connectivity index (χ0) is 17.9. The Labute approximate surface area is 151 Å².